The second kappa shape index (κ2) is 3.96. The Morgan fingerprint density at radius 1 is 1.40 bits per heavy atom. The van der Waals surface area contributed by atoms with Crippen molar-refractivity contribution in [1.29, 1.82) is 0 Å². The lowest BCUT2D eigenvalue weighted by Gasteiger charge is -2.64. The summed E-state index contributed by atoms with van der Waals surface area (Å²) in [5.74, 6) is 0.905. The normalized spacial score (nSPS) is 45.0. The van der Waals surface area contributed by atoms with Crippen molar-refractivity contribution in [2.75, 3.05) is 0 Å². The van der Waals surface area contributed by atoms with Crippen molar-refractivity contribution >= 4 is 11.8 Å². The highest BCUT2D eigenvalue weighted by Gasteiger charge is 2.74. The molecule has 0 bridgehead atoms. The van der Waals surface area contributed by atoms with Crippen LogP contribution in [0.25, 0.3) is 0 Å². The van der Waals surface area contributed by atoms with Gasteiger partial charge in [-0.25, -0.2) is 0 Å². The fourth-order valence-corrected chi connectivity index (χ4v) is 5.40. The summed E-state index contributed by atoms with van der Waals surface area (Å²) < 4.78 is 5.63. The Labute approximate surface area is 120 Å². The van der Waals surface area contributed by atoms with Crippen LogP contribution in [0.4, 0.5) is 0 Å². The Balaban J connectivity index is 2.04. The smallest absolute Gasteiger partial charge is 0.302 e. The molecule has 2 fully saturated rings. The second-order valence-corrected chi connectivity index (χ2v) is 7.59. The van der Waals surface area contributed by atoms with E-state index >= 15 is 0 Å². The predicted molar refractivity (Wildman–Crippen MR) is 75.9 cm³/mol. The van der Waals surface area contributed by atoms with Crippen LogP contribution in [0.2, 0.25) is 0 Å². The Kier molecular flexibility index (Phi) is 2.74. The molecular formula is C17H24O3. The molecule has 0 radical (unpaired) electrons. The van der Waals surface area contributed by atoms with Gasteiger partial charge in [-0.2, -0.15) is 0 Å². The fourth-order valence-electron chi connectivity index (χ4n) is 5.40. The first kappa shape index (κ1) is 13.8. The summed E-state index contributed by atoms with van der Waals surface area (Å²) >= 11 is 0. The lowest BCUT2D eigenvalue weighted by Crippen LogP contribution is -2.67. The number of rotatable bonds is 1. The molecule has 0 unspecified atom stereocenters. The van der Waals surface area contributed by atoms with E-state index in [0.29, 0.717) is 11.7 Å². The van der Waals surface area contributed by atoms with E-state index < -0.39 is 0 Å². The molecule has 0 aromatic rings. The molecule has 3 aliphatic carbocycles. The lowest BCUT2D eigenvalue weighted by atomic mass is 9.38. The number of Topliss-reactive ketones (excluding diaryl/α,β-unsaturated/α-hetero) is 1. The van der Waals surface area contributed by atoms with Gasteiger partial charge in [0.25, 0.3) is 0 Å². The summed E-state index contributed by atoms with van der Waals surface area (Å²) in [7, 11) is 0. The molecule has 0 heterocycles. The molecule has 0 N–H and O–H groups in total. The highest BCUT2D eigenvalue weighted by Crippen LogP contribution is 2.72. The lowest BCUT2D eigenvalue weighted by molar-refractivity contribution is -0.197. The van der Waals surface area contributed by atoms with Crippen LogP contribution in [-0.2, 0) is 14.3 Å². The Morgan fingerprint density at radius 2 is 2.05 bits per heavy atom. The first-order valence-electron chi connectivity index (χ1n) is 7.61. The number of esters is 1. The summed E-state index contributed by atoms with van der Waals surface area (Å²) in [5, 5.41) is 0. The van der Waals surface area contributed by atoms with Crippen molar-refractivity contribution < 1.29 is 14.3 Å². The van der Waals surface area contributed by atoms with E-state index in [9.17, 15) is 9.59 Å². The zero-order valence-electron chi connectivity index (χ0n) is 13.0. The highest BCUT2D eigenvalue weighted by atomic mass is 16.5. The number of ketones is 1. The molecule has 110 valence electrons. The van der Waals surface area contributed by atoms with Gasteiger partial charge in [-0.3, -0.25) is 9.59 Å². The summed E-state index contributed by atoms with van der Waals surface area (Å²) in [4.78, 5) is 23.9. The molecule has 0 amide bonds. The molecule has 0 saturated heterocycles. The maximum Gasteiger partial charge on any atom is 0.302 e. The maximum atomic E-state index is 12.4. The molecule has 5 atom stereocenters. The Bertz CT molecular complexity index is 516. The largest absolute Gasteiger partial charge is 0.462 e. The molecule has 3 heteroatoms. The van der Waals surface area contributed by atoms with Crippen molar-refractivity contribution in [2.45, 2.75) is 53.6 Å². The number of ether oxygens (including phenoxy) is 1. The van der Waals surface area contributed by atoms with Gasteiger partial charge in [-0.15, -0.1) is 0 Å². The van der Waals surface area contributed by atoms with Crippen LogP contribution in [-0.4, -0.2) is 17.9 Å². The number of allylic oxidation sites excluding steroid dienone is 1. The first-order valence-corrected chi connectivity index (χ1v) is 7.61. The molecule has 1 spiro atoms. The van der Waals surface area contributed by atoms with Gasteiger partial charge in [-0.1, -0.05) is 32.4 Å². The molecule has 3 aliphatic rings. The summed E-state index contributed by atoms with van der Waals surface area (Å²) in [5.41, 5.74) is 0.919. The molecule has 0 aromatic carbocycles. The zero-order chi connectivity index (χ0) is 14.9. The third kappa shape index (κ3) is 1.41. The van der Waals surface area contributed by atoms with Gasteiger partial charge in [0.15, 0.2) is 0 Å². The molecule has 3 nitrogen and oxygen atoms in total. The Hall–Kier alpha value is -1.12. The molecule has 20 heavy (non-hydrogen) atoms. The van der Waals surface area contributed by atoms with Crippen molar-refractivity contribution in [3.05, 3.63) is 11.6 Å². The fraction of sp³-hybridized carbons (Fsp3) is 0.765. The van der Waals surface area contributed by atoms with E-state index in [4.69, 9.17) is 4.74 Å². The summed E-state index contributed by atoms with van der Waals surface area (Å²) in [6, 6.07) is 0. The van der Waals surface area contributed by atoms with Gasteiger partial charge in [0.2, 0.25) is 0 Å². The van der Waals surface area contributed by atoms with Crippen molar-refractivity contribution in [3.8, 4) is 0 Å². The highest BCUT2D eigenvalue weighted by molar-refractivity contribution is 5.97. The third-order valence-electron chi connectivity index (χ3n) is 6.10. The molecule has 0 aliphatic heterocycles. The van der Waals surface area contributed by atoms with Crippen LogP contribution < -0.4 is 0 Å². The third-order valence-corrected chi connectivity index (χ3v) is 6.10. The average molecular weight is 276 g/mol. The van der Waals surface area contributed by atoms with Crippen LogP contribution in [0.15, 0.2) is 11.6 Å². The number of carbonyl (C=O) groups excluding carboxylic acids is 2. The van der Waals surface area contributed by atoms with Crippen LogP contribution in [0.3, 0.4) is 0 Å². The van der Waals surface area contributed by atoms with E-state index in [1.165, 1.54) is 12.5 Å². The first-order chi connectivity index (χ1) is 9.21. The molecular weight excluding hydrogens is 252 g/mol. The summed E-state index contributed by atoms with van der Waals surface area (Å²) in [6.45, 7) is 9.95. The topological polar surface area (TPSA) is 43.4 Å². The van der Waals surface area contributed by atoms with Gasteiger partial charge in [-0.05, 0) is 25.7 Å². The van der Waals surface area contributed by atoms with E-state index in [0.717, 1.165) is 12.8 Å². The monoisotopic (exact) mass is 276 g/mol. The predicted octanol–water partition coefficient (Wildman–Crippen LogP) is 3.14. The average Bonchev–Trinajstić information content (AvgIpc) is 2.60. The quantitative estimate of drug-likeness (QED) is 0.546. The zero-order valence-corrected chi connectivity index (χ0v) is 13.0. The second-order valence-electron chi connectivity index (χ2n) is 7.59. The van der Waals surface area contributed by atoms with Gasteiger partial charge in [0.05, 0.1) is 0 Å². The minimum Gasteiger partial charge on any atom is -0.462 e. The molecule has 3 rings (SSSR count). The number of hydrogen-bond donors (Lipinski definition) is 0. The molecule has 2 saturated carbocycles. The van der Waals surface area contributed by atoms with E-state index in [1.54, 1.807) is 0 Å². The number of hydrogen-bond acceptors (Lipinski definition) is 3. The number of carbonyl (C=O) groups is 2. The van der Waals surface area contributed by atoms with Gasteiger partial charge in [0, 0.05) is 29.6 Å². The minimum atomic E-state index is -0.302. The van der Waals surface area contributed by atoms with Crippen LogP contribution >= 0.6 is 0 Å². The summed E-state index contributed by atoms with van der Waals surface area (Å²) in [6.07, 6.45) is 4.05. The van der Waals surface area contributed by atoms with Gasteiger partial charge < -0.3 is 4.74 Å². The SMILES string of the molecule is CC(=O)O[C@@H]1C[C@@H](C)C[C@]23[C@H](C=C(C)[C@H]12)C(=O)C3(C)C. The van der Waals surface area contributed by atoms with Crippen molar-refractivity contribution in [2.24, 2.45) is 28.6 Å². The van der Waals surface area contributed by atoms with Gasteiger partial charge >= 0.3 is 5.97 Å². The Morgan fingerprint density at radius 3 is 2.65 bits per heavy atom. The van der Waals surface area contributed by atoms with E-state index in [-0.39, 0.29) is 34.7 Å². The van der Waals surface area contributed by atoms with Crippen molar-refractivity contribution in [3.63, 3.8) is 0 Å². The standard InChI is InChI=1S/C17H24O3/c1-9-6-13(20-11(3)18)14-10(2)7-12-15(19)16(4,5)17(12,14)8-9/h7,9,12-14H,6,8H2,1-5H3/t9-,12-,13-,14-,17+/m1/s1. The molecule has 0 aromatic heterocycles. The minimum absolute atomic E-state index is 0.0219. The van der Waals surface area contributed by atoms with Crippen LogP contribution in [0.5, 0.6) is 0 Å². The van der Waals surface area contributed by atoms with Gasteiger partial charge in [0.1, 0.15) is 11.9 Å². The van der Waals surface area contributed by atoms with E-state index in [2.05, 4.69) is 33.8 Å². The van der Waals surface area contributed by atoms with Crippen LogP contribution in [0.1, 0.15) is 47.5 Å². The van der Waals surface area contributed by atoms with E-state index in [1.807, 2.05) is 0 Å². The maximum absolute atomic E-state index is 12.4. The van der Waals surface area contributed by atoms with Crippen molar-refractivity contribution in [1.82, 2.24) is 0 Å². The van der Waals surface area contributed by atoms with Crippen LogP contribution in [0, 0.1) is 28.6 Å².